The van der Waals surface area contributed by atoms with Gasteiger partial charge < -0.3 is 10.4 Å². The Morgan fingerprint density at radius 3 is 3.19 bits per heavy atom. The Bertz CT molecular complexity index is 718. The summed E-state index contributed by atoms with van der Waals surface area (Å²) in [5.41, 5.74) is 4.36. The van der Waals surface area contributed by atoms with Gasteiger partial charge in [0.1, 0.15) is 0 Å². The Labute approximate surface area is 122 Å². The van der Waals surface area contributed by atoms with E-state index in [9.17, 15) is 4.79 Å². The van der Waals surface area contributed by atoms with Crippen molar-refractivity contribution in [1.29, 1.82) is 0 Å². The van der Waals surface area contributed by atoms with Crippen LogP contribution in [0.4, 0.5) is 0 Å². The predicted molar refractivity (Wildman–Crippen MR) is 79.2 cm³/mol. The first-order chi connectivity index (χ1) is 10.2. The van der Waals surface area contributed by atoms with Crippen LogP contribution in [0.3, 0.4) is 0 Å². The Morgan fingerprint density at radius 1 is 1.43 bits per heavy atom. The van der Waals surface area contributed by atoms with Crippen molar-refractivity contribution in [2.75, 3.05) is 6.54 Å². The average molecular weight is 281 g/mol. The molecular weight excluding hydrogens is 266 g/mol. The van der Waals surface area contributed by atoms with Crippen LogP contribution >= 0.6 is 0 Å². The third-order valence-electron chi connectivity index (χ3n) is 4.43. The van der Waals surface area contributed by atoms with Crippen LogP contribution in [-0.4, -0.2) is 28.3 Å². The number of hydrogen-bond acceptors (Lipinski definition) is 4. The van der Waals surface area contributed by atoms with E-state index < -0.39 is 5.97 Å². The number of nitrogens with zero attached hydrogens (tertiary/aromatic N) is 2. The predicted octanol–water partition coefficient (Wildman–Crippen LogP) is 2.19. The number of carboxylic acids is 1. The van der Waals surface area contributed by atoms with E-state index in [-0.39, 0.29) is 11.5 Å². The molecule has 3 heterocycles. The van der Waals surface area contributed by atoms with Crippen molar-refractivity contribution in [2.24, 2.45) is 10.9 Å². The molecule has 5 heteroatoms. The summed E-state index contributed by atoms with van der Waals surface area (Å²) in [5.74, 6) is -0.243. The molecule has 2 unspecified atom stereocenters. The molecule has 1 aromatic heterocycles. The monoisotopic (exact) mass is 281 g/mol. The van der Waals surface area contributed by atoms with E-state index in [1.165, 1.54) is 11.9 Å². The zero-order valence-electron chi connectivity index (χ0n) is 11.4. The summed E-state index contributed by atoms with van der Waals surface area (Å²) in [4.78, 5) is 20.1. The van der Waals surface area contributed by atoms with Crippen LogP contribution in [-0.2, 0) is 0 Å². The van der Waals surface area contributed by atoms with Gasteiger partial charge in [0, 0.05) is 42.2 Å². The molecule has 0 saturated heterocycles. The first kappa shape index (κ1) is 12.3. The number of aromatic nitrogens is 1. The number of aliphatic imine (C=N–C) groups is 1. The fourth-order valence-corrected chi connectivity index (χ4v) is 3.36. The van der Waals surface area contributed by atoms with Crippen LogP contribution < -0.4 is 5.32 Å². The van der Waals surface area contributed by atoms with Gasteiger partial charge in [0.05, 0.1) is 11.3 Å². The number of nitrogens with one attached hydrogen (secondary N) is 1. The standard InChI is InChI=1S/C16H15N3O2/c20-16(21)11-5-10-2-4-18-14-7-13-9(1-3-17-13)6-12(14)15(10)19-8-11/h2,4-5,7-9,12,18H,1,3,6H2,(H,20,21). The van der Waals surface area contributed by atoms with Crippen molar-refractivity contribution in [3.05, 3.63) is 47.1 Å². The van der Waals surface area contributed by atoms with Gasteiger partial charge in [0.25, 0.3) is 0 Å². The number of hydrogen-bond donors (Lipinski definition) is 2. The van der Waals surface area contributed by atoms with E-state index in [2.05, 4.69) is 21.4 Å². The lowest BCUT2D eigenvalue weighted by Crippen LogP contribution is -2.26. The second kappa shape index (κ2) is 4.55. The second-order valence-corrected chi connectivity index (χ2v) is 5.66. The summed E-state index contributed by atoms with van der Waals surface area (Å²) in [6.45, 7) is 0.907. The molecule has 2 atom stereocenters. The van der Waals surface area contributed by atoms with Crippen molar-refractivity contribution in [2.45, 2.75) is 18.8 Å². The maximum Gasteiger partial charge on any atom is 0.337 e. The molecule has 2 aliphatic heterocycles. The molecule has 5 nitrogen and oxygen atoms in total. The minimum absolute atomic E-state index is 0.194. The van der Waals surface area contributed by atoms with Gasteiger partial charge >= 0.3 is 5.97 Å². The fourth-order valence-electron chi connectivity index (χ4n) is 3.36. The summed E-state index contributed by atoms with van der Waals surface area (Å²) in [6, 6.07) is 1.70. The minimum atomic E-state index is -0.944. The molecule has 0 spiro atoms. The smallest absolute Gasteiger partial charge is 0.337 e. The molecule has 1 aliphatic carbocycles. The summed E-state index contributed by atoms with van der Waals surface area (Å²) >= 11 is 0. The number of fused-ring (bicyclic) bond motifs is 4. The Kier molecular flexibility index (Phi) is 2.67. The number of carbonyl (C=O) groups is 1. The zero-order valence-corrected chi connectivity index (χ0v) is 11.4. The van der Waals surface area contributed by atoms with Gasteiger partial charge in [-0.25, -0.2) is 4.79 Å². The third-order valence-corrected chi connectivity index (χ3v) is 4.43. The lowest BCUT2D eigenvalue weighted by atomic mass is 9.80. The van der Waals surface area contributed by atoms with Crippen molar-refractivity contribution in [3.63, 3.8) is 0 Å². The summed E-state index contributed by atoms with van der Waals surface area (Å²) in [5, 5.41) is 12.4. The Balaban J connectivity index is 1.81. The number of aromatic carboxylic acids is 1. The highest BCUT2D eigenvalue weighted by Crippen LogP contribution is 2.39. The van der Waals surface area contributed by atoms with Gasteiger partial charge in [-0.2, -0.15) is 0 Å². The van der Waals surface area contributed by atoms with Gasteiger partial charge in [-0.05, 0) is 36.6 Å². The van der Waals surface area contributed by atoms with Crippen LogP contribution in [0.5, 0.6) is 0 Å². The molecule has 0 bridgehead atoms. The second-order valence-electron chi connectivity index (χ2n) is 5.66. The van der Waals surface area contributed by atoms with E-state index >= 15 is 0 Å². The maximum absolute atomic E-state index is 11.1. The normalized spacial score (nSPS) is 25.7. The first-order valence-corrected chi connectivity index (χ1v) is 7.14. The highest BCUT2D eigenvalue weighted by molar-refractivity contribution is 5.99. The number of rotatable bonds is 1. The van der Waals surface area contributed by atoms with Crippen LogP contribution in [0.1, 0.15) is 40.4 Å². The number of allylic oxidation sites excluding steroid dienone is 2. The van der Waals surface area contributed by atoms with Crippen molar-refractivity contribution in [1.82, 2.24) is 10.3 Å². The SMILES string of the molecule is O=C(O)c1cnc2c(c1)C=CNC1=CC3=NCCC3CC12. The topological polar surface area (TPSA) is 74.6 Å². The molecule has 21 heavy (non-hydrogen) atoms. The van der Waals surface area contributed by atoms with Gasteiger partial charge in [-0.3, -0.25) is 9.98 Å². The molecule has 0 aromatic carbocycles. The third kappa shape index (κ3) is 1.96. The summed E-state index contributed by atoms with van der Waals surface area (Å²) in [7, 11) is 0. The van der Waals surface area contributed by atoms with Crippen molar-refractivity contribution < 1.29 is 9.90 Å². The molecule has 0 radical (unpaired) electrons. The molecule has 3 aliphatic rings. The molecule has 2 N–H and O–H groups in total. The van der Waals surface area contributed by atoms with Crippen LogP contribution in [0.15, 0.2) is 35.2 Å². The van der Waals surface area contributed by atoms with E-state index in [1.807, 2.05) is 12.3 Å². The van der Waals surface area contributed by atoms with Gasteiger partial charge in [0.2, 0.25) is 0 Å². The molecule has 0 saturated carbocycles. The van der Waals surface area contributed by atoms with E-state index in [4.69, 9.17) is 5.11 Å². The zero-order chi connectivity index (χ0) is 14.4. The van der Waals surface area contributed by atoms with Gasteiger partial charge in [-0.15, -0.1) is 0 Å². The molecule has 4 rings (SSSR count). The lowest BCUT2D eigenvalue weighted by Gasteiger charge is -2.28. The van der Waals surface area contributed by atoms with Crippen molar-refractivity contribution in [3.8, 4) is 0 Å². The first-order valence-electron chi connectivity index (χ1n) is 7.14. The molecule has 0 amide bonds. The maximum atomic E-state index is 11.1. The largest absolute Gasteiger partial charge is 0.478 e. The summed E-state index contributed by atoms with van der Waals surface area (Å²) in [6.07, 6.45) is 9.44. The number of carboxylic acid groups (broad SMARTS) is 1. The highest BCUT2D eigenvalue weighted by atomic mass is 16.4. The Hall–Kier alpha value is -2.43. The van der Waals surface area contributed by atoms with E-state index in [0.29, 0.717) is 5.92 Å². The van der Waals surface area contributed by atoms with Crippen LogP contribution in [0.25, 0.3) is 6.08 Å². The van der Waals surface area contributed by atoms with Crippen LogP contribution in [0.2, 0.25) is 0 Å². The Morgan fingerprint density at radius 2 is 2.33 bits per heavy atom. The minimum Gasteiger partial charge on any atom is -0.478 e. The van der Waals surface area contributed by atoms with E-state index in [1.54, 1.807) is 6.07 Å². The van der Waals surface area contributed by atoms with E-state index in [0.717, 1.165) is 36.3 Å². The lowest BCUT2D eigenvalue weighted by molar-refractivity contribution is 0.0696. The van der Waals surface area contributed by atoms with Crippen LogP contribution in [0, 0.1) is 5.92 Å². The van der Waals surface area contributed by atoms with Gasteiger partial charge in [-0.1, -0.05) is 0 Å². The average Bonchev–Trinajstić information content (AvgIpc) is 2.85. The highest BCUT2D eigenvalue weighted by Gasteiger charge is 2.34. The fraction of sp³-hybridized carbons (Fsp3) is 0.312. The molecule has 106 valence electrons. The molecule has 0 fully saturated rings. The van der Waals surface area contributed by atoms with Gasteiger partial charge in [0.15, 0.2) is 0 Å². The quantitative estimate of drug-likeness (QED) is 0.827. The molecular formula is C16H15N3O2. The summed E-state index contributed by atoms with van der Waals surface area (Å²) < 4.78 is 0. The molecule has 1 aromatic rings. The van der Waals surface area contributed by atoms with Crippen molar-refractivity contribution >= 4 is 17.8 Å². The number of pyridine rings is 1.